The Morgan fingerprint density at radius 1 is 0.893 bits per heavy atom. The number of halogens is 1. The number of amides is 1. The first kappa shape index (κ1) is 19.9. The Morgan fingerprint density at radius 2 is 1.54 bits per heavy atom. The molecule has 2 N–H and O–H groups in total. The quantitative estimate of drug-likeness (QED) is 0.616. The average Bonchev–Trinajstić information content (AvgIpc) is 2.66. The van der Waals surface area contributed by atoms with E-state index in [0.29, 0.717) is 16.3 Å². The van der Waals surface area contributed by atoms with Gasteiger partial charge in [-0.05, 0) is 74.0 Å². The zero-order chi connectivity index (χ0) is 20.3. The maximum absolute atomic E-state index is 12.5. The van der Waals surface area contributed by atoms with E-state index in [1.807, 2.05) is 32.0 Å². The first-order valence-corrected chi connectivity index (χ1v) is 10.4. The zero-order valence-electron chi connectivity index (χ0n) is 15.4. The Morgan fingerprint density at radius 3 is 2.14 bits per heavy atom. The Labute approximate surface area is 169 Å². The fourth-order valence-corrected chi connectivity index (χ4v) is 3.85. The van der Waals surface area contributed by atoms with Crippen LogP contribution in [0.5, 0.6) is 0 Å². The first-order chi connectivity index (χ1) is 13.2. The van der Waals surface area contributed by atoms with Gasteiger partial charge in [-0.1, -0.05) is 29.3 Å². The first-order valence-electron chi connectivity index (χ1n) is 8.52. The third-order valence-corrected chi connectivity index (χ3v) is 5.80. The normalized spacial score (nSPS) is 11.1. The molecule has 1 amide bonds. The number of hydrogen-bond acceptors (Lipinski definition) is 3. The van der Waals surface area contributed by atoms with Gasteiger partial charge in [0, 0.05) is 22.0 Å². The lowest BCUT2D eigenvalue weighted by molar-refractivity contribution is 0.102. The molecule has 0 unspecified atom stereocenters. The molecule has 0 aliphatic carbocycles. The lowest BCUT2D eigenvalue weighted by atomic mass is 10.1. The largest absolute Gasteiger partial charge is 0.322 e. The molecule has 0 aliphatic heterocycles. The van der Waals surface area contributed by atoms with Crippen LogP contribution in [0.25, 0.3) is 0 Å². The molecule has 7 heteroatoms. The van der Waals surface area contributed by atoms with Gasteiger partial charge >= 0.3 is 0 Å². The standard InChI is InChI=1S/C21H19ClN2O3S/c1-14-3-12-20(15(2)13-14)23-21(25)16-4-10-19(11-5-16)28(26,27)24-18-8-6-17(22)7-9-18/h3-13,24H,1-2H3,(H,23,25). The van der Waals surface area contributed by atoms with E-state index in [1.165, 1.54) is 24.3 Å². The molecule has 0 saturated heterocycles. The van der Waals surface area contributed by atoms with Gasteiger partial charge in [-0.25, -0.2) is 8.42 Å². The van der Waals surface area contributed by atoms with Crippen LogP contribution in [0.4, 0.5) is 11.4 Å². The summed E-state index contributed by atoms with van der Waals surface area (Å²) in [5.41, 5.74) is 3.56. The summed E-state index contributed by atoms with van der Waals surface area (Å²) in [6.45, 7) is 3.90. The Bertz CT molecular complexity index is 1110. The van der Waals surface area contributed by atoms with Crippen LogP contribution >= 0.6 is 11.6 Å². The monoisotopic (exact) mass is 414 g/mol. The molecule has 0 radical (unpaired) electrons. The van der Waals surface area contributed by atoms with Crippen LogP contribution in [0.1, 0.15) is 21.5 Å². The van der Waals surface area contributed by atoms with Gasteiger partial charge in [-0.15, -0.1) is 0 Å². The minimum Gasteiger partial charge on any atom is -0.322 e. The van der Waals surface area contributed by atoms with Gasteiger partial charge in [0.25, 0.3) is 15.9 Å². The Balaban J connectivity index is 1.74. The van der Waals surface area contributed by atoms with Crippen LogP contribution in [0.2, 0.25) is 5.02 Å². The minimum absolute atomic E-state index is 0.0607. The molecular formula is C21H19ClN2O3S. The number of hydrogen-bond donors (Lipinski definition) is 2. The van der Waals surface area contributed by atoms with E-state index >= 15 is 0 Å². The van der Waals surface area contributed by atoms with Crippen LogP contribution in [0.3, 0.4) is 0 Å². The molecule has 0 atom stereocenters. The second-order valence-electron chi connectivity index (χ2n) is 6.41. The second-order valence-corrected chi connectivity index (χ2v) is 8.53. The van der Waals surface area contributed by atoms with Crippen molar-refractivity contribution in [2.45, 2.75) is 18.7 Å². The molecule has 0 saturated carbocycles. The third-order valence-electron chi connectivity index (χ3n) is 4.15. The van der Waals surface area contributed by atoms with Crippen LogP contribution in [-0.4, -0.2) is 14.3 Å². The van der Waals surface area contributed by atoms with Gasteiger partial charge in [0.1, 0.15) is 0 Å². The van der Waals surface area contributed by atoms with Gasteiger partial charge in [0.05, 0.1) is 4.90 Å². The molecule has 28 heavy (non-hydrogen) atoms. The van der Waals surface area contributed by atoms with E-state index in [9.17, 15) is 13.2 Å². The van der Waals surface area contributed by atoms with E-state index in [-0.39, 0.29) is 10.8 Å². The molecular weight excluding hydrogens is 396 g/mol. The van der Waals surface area contributed by atoms with Crippen molar-refractivity contribution in [1.29, 1.82) is 0 Å². The predicted molar refractivity (Wildman–Crippen MR) is 113 cm³/mol. The summed E-state index contributed by atoms with van der Waals surface area (Å²) >= 11 is 5.81. The third kappa shape index (κ3) is 4.71. The lowest BCUT2D eigenvalue weighted by Gasteiger charge is -2.11. The molecule has 3 rings (SSSR count). The van der Waals surface area contributed by atoms with Crippen molar-refractivity contribution < 1.29 is 13.2 Å². The summed E-state index contributed by atoms with van der Waals surface area (Å²) in [5.74, 6) is -0.304. The summed E-state index contributed by atoms with van der Waals surface area (Å²) in [6, 6.07) is 17.8. The fraction of sp³-hybridized carbons (Fsp3) is 0.0952. The number of sulfonamides is 1. The summed E-state index contributed by atoms with van der Waals surface area (Å²) in [4.78, 5) is 12.5. The maximum Gasteiger partial charge on any atom is 0.261 e. The van der Waals surface area contributed by atoms with Gasteiger partial charge in [0.2, 0.25) is 0 Å². The highest BCUT2D eigenvalue weighted by atomic mass is 35.5. The summed E-state index contributed by atoms with van der Waals surface area (Å²) in [7, 11) is -3.76. The van der Waals surface area contributed by atoms with Crippen molar-refractivity contribution in [2.75, 3.05) is 10.0 Å². The number of nitrogens with one attached hydrogen (secondary N) is 2. The molecule has 0 spiro atoms. The molecule has 0 aliphatic rings. The summed E-state index contributed by atoms with van der Waals surface area (Å²) in [6.07, 6.45) is 0. The lowest BCUT2D eigenvalue weighted by Crippen LogP contribution is -2.15. The molecule has 0 aromatic heterocycles. The van der Waals surface area contributed by atoms with Crippen molar-refractivity contribution in [2.24, 2.45) is 0 Å². The van der Waals surface area contributed by atoms with E-state index in [2.05, 4.69) is 10.0 Å². The highest BCUT2D eigenvalue weighted by Gasteiger charge is 2.15. The van der Waals surface area contributed by atoms with E-state index in [0.717, 1.165) is 16.8 Å². The second kappa shape index (κ2) is 8.04. The van der Waals surface area contributed by atoms with Crippen LogP contribution < -0.4 is 10.0 Å². The van der Waals surface area contributed by atoms with Crippen LogP contribution in [0.15, 0.2) is 71.6 Å². The fourth-order valence-electron chi connectivity index (χ4n) is 2.67. The molecule has 0 bridgehead atoms. The summed E-state index contributed by atoms with van der Waals surface area (Å²) in [5, 5.41) is 3.36. The molecule has 5 nitrogen and oxygen atoms in total. The van der Waals surface area contributed by atoms with Gasteiger partial charge in [-0.2, -0.15) is 0 Å². The maximum atomic E-state index is 12.5. The molecule has 3 aromatic rings. The van der Waals surface area contributed by atoms with Gasteiger partial charge in [-0.3, -0.25) is 9.52 Å². The van der Waals surface area contributed by atoms with Crippen molar-refractivity contribution in [3.8, 4) is 0 Å². The molecule has 3 aromatic carbocycles. The highest BCUT2D eigenvalue weighted by molar-refractivity contribution is 7.92. The average molecular weight is 415 g/mol. The number of aryl methyl sites for hydroxylation is 2. The summed E-state index contributed by atoms with van der Waals surface area (Å²) < 4.78 is 27.5. The van der Waals surface area contributed by atoms with Gasteiger partial charge in [0.15, 0.2) is 0 Å². The number of benzene rings is 3. The zero-order valence-corrected chi connectivity index (χ0v) is 16.9. The number of rotatable bonds is 5. The van der Waals surface area contributed by atoms with Crippen molar-refractivity contribution >= 4 is 38.9 Å². The SMILES string of the molecule is Cc1ccc(NC(=O)c2ccc(S(=O)(=O)Nc3ccc(Cl)cc3)cc2)c(C)c1. The molecule has 0 heterocycles. The van der Waals surface area contributed by atoms with Gasteiger partial charge < -0.3 is 5.32 Å². The smallest absolute Gasteiger partial charge is 0.261 e. The number of carbonyl (C=O) groups excluding carboxylic acids is 1. The van der Waals surface area contributed by atoms with Crippen LogP contribution in [0, 0.1) is 13.8 Å². The van der Waals surface area contributed by atoms with E-state index in [4.69, 9.17) is 11.6 Å². The van der Waals surface area contributed by atoms with Crippen molar-refractivity contribution in [3.63, 3.8) is 0 Å². The predicted octanol–water partition coefficient (Wildman–Crippen LogP) is 5.01. The highest BCUT2D eigenvalue weighted by Crippen LogP contribution is 2.20. The Hall–Kier alpha value is -2.83. The van der Waals surface area contributed by atoms with Crippen LogP contribution in [-0.2, 0) is 10.0 Å². The number of anilines is 2. The topological polar surface area (TPSA) is 75.3 Å². The van der Waals surface area contributed by atoms with Crippen molar-refractivity contribution in [3.05, 3.63) is 88.4 Å². The van der Waals surface area contributed by atoms with E-state index in [1.54, 1.807) is 24.3 Å². The van der Waals surface area contributed by atoms with Crippen molar-refractivity contribution in [1.82, 2.24) is 0 Å². The van der Waals surface area contributed by atoms with E-state index < -0.39 is 10.0 Å². The minimum atomic E-state index is -3.76. The molecule has 0 fully saturated rings. The Kier molecular flexibility index (Phi) is 5.72. The number of carbonyl (C=O) groups is 1. The molecule has 144 valence electrons.